The molecule has 1 aliphatic rings. The molecular formula is C12H22N2O3S. The highest BCUT2D eigenvalue weighted by Gasteiger charge is 2.21. The average molecular weight is 274 g/mol. The van der Waals surface area contributed by atoms with Crippen LogP contribution in [0.1, 0.15) is 32.1 Å². The van der Waals surface area contributed by atoms with E-state index in [1.165, 1.54) is 12.8 Å². The fraction of sp³-hybridized carbons (Fsp3) is 0.833. The standard InChI is InChI=1S/C12H22N2O3S/c1-18-8-6-10(11(15)16)14-12(17)13-7-2-3-9-4-5-9/h9-10H,2-8H2,1H3,(H,15,16)(H2,13,14,17)/t10-/m1/s1. The Kier molecular flexibility index (Phi) is 6.93. The van der Waals surface area contributed by atoms with E-state index in [0.717, 1.165) is 24.5 Å². The molecule has 0 aromatic rings. The lowest BCUT2D eigenvalue weighted by Crippen LogP contribution is -2.46. The Balaban J connectivity index is 2.11. The van der Waals surface area contributed by atoms with Gasteiger partial charge in [0.2, 0.25) is 0 Å². The summed E-state index contributed by atoms with van der Waals surface area (Å²) in [7, 11) is 0. The summed E-state index contributed by atoms with van der Waals surface area (Å²) in [6.07, 6.45) is 7.14. The topological polar surface area (TPSA) is 78.4 Å². The number of carbonyl (C=O) groups is 2. The van der Waals surface area contributed by atoms with E-state index in [0.29, 0.717) is 13.0 Å². The van der Waals surface area contributed by atoms with Gasteiger partial charge in [0.05, 0.1) is 0 Å². The van der Waals surface area contributed by atoms with Crippen LogP contribution in [0.5, 0.6) is 0 Å². The first kappa shape index (κ1) is 15.1. The van der Waals surface area contributed by atoms with Crippen LogP contribution in [0.15, 0.2) is 0 Å². The first-order valence-electron chi connectivity index (χ1n) is 6.39. The highest BCUT2D eigenvalue weighted by Crippen LogP contribution is 2.33. The molecule has 0 aliphatic heterocycles. The summed E-state index contributed by atoms with van der Waals surface area (Å²) in [6.45, 7) is 0.622. The number of amides is 2. The van der Waals surface area contributed by atoms with Crippen molar-refractivity contribution in [3.05, 3.63) is 0 Å². The van der Waals surface area contributed by atoms with Crippen molar-refractivity contribution >= 4 is 23.8 Å². The van der Waals surface area contributed by atoms with Crippen LogP contribution in [0.4, 0.5) is 4.79 Å². The van der Waals surface area contributed by atoms with Crippen LogP contribution in [0.3, 0.4) is 0 Å². The van der Waals surface area contributed by atoms with Gasteiger partial charge in [-0.25, -0.2) is 9.59 Å². The highest BCUT2D eigenvalue weighted by molar-refractivity contribution is 7.98. The van der Waals surface area contributed by atoms with Crippen molar-refractivity contribution < 1.29 is 14.7 Å². The van der Waals surface area contributed by atoms with Crippen molar-refractivity contribution in [1.82, 2.24) is 10.6 Å². The van der Waals surface area contributed by atoms with Crippen LogP contribution in [-0.2, 0) is 4.79 Å². The van der Waals surface area contributed by atoms with E-state index >= 15 is 0 Å². The molecule has 1 rings (SSSR count). The fourth-order valence-corrected chi connectivity index (χ4v) is 2.17. The molecule has 0 spiro atoms. The molecule has 1 aliphatic carbocycles. The minimum absolute atomic E-state index is 0.376. The van der Waals surface area contributed by atoms with Crippen LogP contribution in [0.2, 0.25) is 0 Å². The summed E-state index contributed by atoms with van der Waals surface area (Å²) in [5.41, 5.74) is 0. The van der Waals surface area contributed by atoms with Crippen molar-refractivity contribution in [1.29, 1.82) is 0 Å². The molecule has 1 atom stereocenters. The van der Waals surface area contributed by atoms with Gasteiger partial charge in [-0.3, -0.25) is 0 Å². The van der Waals surface area contributed by atoms with Crippen LogP contribution in [0, 0.1) is 5.92 Å². The smallest absolute Gasteiger partial charge is 0.326 e. The molecule has 5 nitrogen and oxygen atoms in total. The molecule has 6 heteroatoms. The molecule has 1 saturated carbocycles. The minimum atomic E-state index is -0.975. The fourth-order valence-electron chi connectivity index (χ4n) is 1.70. The molecule has 0 saturated heterocycles. The molecule has 1 fully saturated rings. The molecule has 0 radical (unpaired) electrons. The van der Waals surface area contributed by atoms with Gasteiger partial charge in [-0.15, -0.1) is 0 Å². The Bertz CT molecular complexity index is 282. The number of carboxylic acid groups (broad SMARTS) is 1. The third kappa shape index (κ3) is 6.74. The Labute approximate surface area is 112 Å². The van der Waals surface area contributed by atoms with Gasteiger partial charge in [0.15, 0.2) is 0 Å². The predicted octanol–water partition coefficient (Wildman–Crippen LogP) is 1.68. The van der Waals surface area contributed by atoms with Gasteiger partial charge in [-0.05, 0) is 37.2 Å². The molecule has 2 amide bonds. The van der Waals surface area contributed by atoms with E-state index in [1.807, 2.05) is 6.26 Å². The quantitative estimate of drug-likeness (QED) is 0.559. The van der Waals surface area contributed by atoms with Crippen molar-refractivity contribution in [2.45, 2.75) is 38.1 Å². The largest absolute Gasteiger partial charge is 0.480 e. The maximum absolute atomic E-state index is 11.5. The van der Waals surface area contributed by atoms with Crippen molar-refractivity contribution in [2.75, 3.05) is 18.6 Å². The second kappa shape index (κ2) is 8.24. The number of nitrogens with one attached hydrogen (secondary N) is 2. The van der Waals surface area contributed by atoms with Gasteiger partial charge < -0.3 is 15.7 Å². The number of urea groups is 1. The van der Waals surface area contributed by atoms with E-state index in [-0.39, 0.29) is 6.03 Å². The first-order chi connectivity index (χ1) is 8.63. The van der Waals surface area contributed by atoms with E-state index in [9.17, 15) is 9.59 Å². The Morgan fingerprint density at radius 3 is 2.72 bits per heavy atom. The van der Waals surface area contributed by atoms with Gasteiger partial charge in [-0.2, -0.15) is 11.8 Å². The lowest BCUT2D eigenvalue weighted by atomic mass is 10.2. The summed E-state index contributed by atoms with van der Waals surface area (Å²) in [4.78, 5) is 22.4. The number of carbonyl (C=O) groups excluding carboxylic acids is 1. The molecule has 0 heterocycles. The summed E-state index contributed by atoms with van der Waals surface area (Å²) >= 11 is 1.57. The molecule has 0 aromatic heterocycles. The summed E-state index contributed by atoms with van der Waals surface area (Å²) in [5.74, 6) is 0.610. The van der Waals surface area contributed by atoms with Gasteiger partial charge in [-0.1, -0.05) is 12.8 Å². The zero-order chi connectivity index (χ0) is 13.4. The summed E-state index contributed by atoms with van der Waals surface area (Å²) in [5, 5.41) is 14.1. The van der Waals surface area contributed by atoms with Crippen molar-refractivity contribution in [2.24, 2.45) is 5.92 Å². The highest BCUT2D eigenvalue weighted by atomic mass is 32.2. The summed E-state index contributed by atoms with van der Waals surface area (Å²) < 4.78 is 0. The van der Waals surface area contributed by atoms with Gasteiger partial charge in [0.25, 0.3) is 0 Å². The summed E-state index contributed by atoms with van der Waals surface area (Å²) in [6, 6.07) is -1.17. The van der Waals surface area contributed by atoms with E-state index in [2.05, 4.69) is 10.6 Å². The number of thioether (sulfide) groups is 1. The van der Waals surface area contributed by atoms with Gasteiger partial charge >= 0.3 is 12.0 Å². The minimum Gasteiger partial charge on any atom is -0.480 e. The van der Waals surface area contributed by atoms with Gasteiger partial charge in [0.1, 0.15) is 6.04 Å². The monoisotopic (exact) mass is 274 g/mol. The molecule has 3 N–H and O–H groups in total. The van der Waals surface area contributed by atoms with E-state index < -0.39 is 12.0 Å². The zero-order valence-corrected chi connectivity index (χ0v) is 11.6. The lowest BCUT2D eigenvalue weighted by molar-refractivity contribution is -0.139. The Hall–Kier alpha value is -0.910. The SMILES string of the molecule is CSCC[C@@H](NC(=O)NCCCC1CC1)C(=O)O. The van der Waals surface area contributed by atoms with Crippen molar-refractivity contribution in [3.63, 3.8) is 0 Å². The van der Waals surface area contributed by atoms with E-state index in [1.54, 1.807) is 11.8 Å². The van der Waals surface area contributed by atoms with Gasteiger partial charge in [0, 0.05) is 6.54 Å². The zero-order valence-electron chi connectivity index (χ0n) is 10.8. The Morgan fingerprint density at radius 2 is 2.17 bits per heavy atom. The molecule has 0 bridgehead atoms. The lowest BCUT2D eigenvalue weighted by Gasteiger charge is -2.14. The molecule has 0 unspecified atom stereocenters. The Morgan fingerprint density at radius 1 is 1.44 bits per heavy atom. The molecular weight excluding hydrogens is 252 g/mol. The van der Waals surface area contributed by atoms with Crippen LogP contribution < -0.4 is 10.6 Å². The number of hydrogen-bond donors (Lipinski definition) is 3. The predicted molar refractivity (Wildman–Crippen MR) is 72.9 cm³/mol. The van der Waals surface area contributed by atoms with Crippen LogP contribution in [-0.4, -0.2) is 41.7 Å². The molecule has 0 aromatic carbocycles. The maximum Gasteiger partial charge on any atom is 0.326 e. The van der Waals surface area contributed by atoms with E-state index in [4.69, 9.17) is 5.11 Å². The number of rotatable bonds is 9. The first-order valence-corrected chi connectivity index (χ1v) is 7.79. The third-order valence-corrected chi connectivity index (χ3v) is 3.63. The van der Waals surface area contributed by atoms with Crippen molar-refractivity contribution in [3.8, 4) is 0 Å². The number of hydrogen-bond acceptors (Lipinski definition) is 3. The normalized spacial score (nSPS) is 16.1. The third-order valence-electron chi connectivity index (χ3n) is 2.99. The maximum atomic E-state index is 11.5. The molecule has 104 valence electrons. The molecule has 18 heavy (non-hydrogen) atoms. The average Bonchev–Trinajstić information content (AvgIpc) is 3.13. The van der Waals surface area contributed by atoms with Crippen LogP contribution >= 0.6 is 11.8 Å². The number of carboxylic acids is 1. The second-order valence-corrected chi connectivity index (χ2v) is 5.64. The second-order valence-electron chi connectivity index (χ2n) is 4.66. The number of aliphatic carboxylic acids is 1. The van der Waals surface area contributed by atoms with Crippen LogP contribution in [0.25, 0.3) is 0 Å².